The summed E-state index contributed by atoms with van der Waals surface area (Å²) in [6.07, 6.45) is 0. The van der Waals surface area contributed by atoms with Crippen molar-refractivity contribution in [3.8, 4) is 10.4 Å². The van der Waals surface area contributed by atoms with Crippen molar-refractivity contribution < 1.29 is 0 Å². The van der Waals surface area contributed by atoms with Crippen LogP contribution in [0.1, 0.15) is 5.56 Å². The Labute approximate surface area is 76.5 Å². The number of thiophene rings is 1. The molecule has 0 N–H and O–H groups in total. The van der Waals surface area contributed by atoms with E-state index in [2.05, 4.69) is 37.3 Å². The maximum atomic E-state index is 3.06. The van der Waals surface area contributed by atoms with Crippen LogP contribution in [0.15, 0.2) is 35.7 Å². The Bertz CT molecular complexity index is 343. The molecule has 0 aliphatic rings. The average molecular weight is 173 g/mol. The normalized spacial score (nSPS) is 10.1. The van der Waals surface area contributed by atoms with Crippen molar-refractivity contribution in [3.63, 3.8) is 0 Å². The van der Waals surface area contributed by atoms with E-state index in [0.29, 0.717) is 0 Å². The van der Waals surface area contributed by atoms with Crippen molar-refractivity contribution in [1.29, 1.82) is 0 Å². The standard InChI is InChI=1S/C11H9S/c1-9-4-6-10(7-5-9)11-3-2-8-12-11/h3-8H,1H3. The topological polar surface area (TPSA) is 0 Å². The monoisotopic (exact) mass is 173 g/mol. The summed E-state index contributed by atoms with van der Waals surface area (Å²) in [5.74, 6) is 0. The first-order valence-electron chi connectivity index (χ1n) is 3.88. The van der Waals surface area contributed by atoms with Gasteiger partial charge >= 0.3 is 0 Å². The highest BCUT2D eigenvalue weighted by atomic mass is 32.1. The van der Waals surface area contributed by atoms with Gasteiger partial charge in [-0.15, -0.1) is 11.3 Å². The molecule has 0 bridgehead atoms. The van der Waals surface area contributed by atoms with E-state index in [-0.39, 0.29) is 0 Å². The summed E-state index contributed by atoms with van der Waals surface area (Å²) in [5, 5.41) is 1.98. The third-order valence-corrected chi connectivity index (χ3v) is 2.67. The highest BCUT2D eigenvalue weighted by molar-refractivity contribution is 7.13. The van der Waals surface area contributed by atoms with Gasteiger partial charge in [-0.3, -0.25) is 0 Å². The van der Waals surface area contributed by atoms with Crippen molar-refractivity contribution in [2.24, 2.45) is 0 Å². The number of rotatable bonds is 1. The fourth-order valence-corrected chi connectivity index (χ4v) is 1.78. The molecule has 0 amide bonds. The van der Waals surface area contributed by atoms with E-state index in [0.717, 1.165) is 0 Å². The molecular weight excluding hydrogens is 164 g/mol. The molecule has 0 fully saturated rings. The first kappa shape index (κ1) is 7.56. The van der Waals surface area contributed by atoms with Gasteiger partial charge in [0.05, 0.1) is 0 Å². The molecule has 1 heteroatoms. The molecule has 1 aromatic heterocycles. The predicted molar refractivity (Wildman–Crippen MR) is 53.3 cm³/mol. The van der Waals surface area contributed by atoms with E-state index in [9.17, 15) is 0 Å². The van der Waals surface area contributed by atoms with Crippen molar-refractivity contribution in [2.45, 2.75) is 6.92 Å². The molecule has 0 atom stereocenters. The van der Waals surface area contributed by atoms with Gasteiger partial charge in [0.15, 0.2) is 0 Å². The van der Waals surface area contributed by atoms with Gasteiger partial charge in [0.25, 0.3) is 0 Å². The lowest BCUT2D eigenvalue weighted by atomic mass is 10.1. The number of benzene rings is 1. The van der Waals surface area contributed by atoms with Gasteiger partial charge in [-0.2, -0.15) is 0 Å². The minimum atomic E-state index is 1.28. The van der Waals surface area contributed by atoms with Crippen LogP contribution in [0, 0.1) is 13.0 Å². The summed E-state index contributed by atoms with van der Waals surface area (Å²) in [4.78, 5) is 1.29. The Morgan fingerprint density at radius 3 is 2.50 bits per heavy atom. The third kappa shape index (κ3) is 1.41. The van der Waals surface area contributed by atoms with Crippen molar-refractivity contribution in [2.75, 3.05) is 0 Å². The molecule has 0 nitrogen and oxygen atoms in total. The smallest absolute Gasteiger partial charge is 0.0349 e. The minimum absolute atomic E-state index is 1.28. The molecule has 12 heavy (non-hydrogen) atoms. The van der Waals surface area contributed by atoms with Crippen molar-refractivity contribution >= 4 is 11.3 Å². The van der Waals surface area contributed by atoms with Gasteiger partial charge in [-0.25, -0.2) is 0 Å². The lowest BCUT2D eigenvalue weighted by molar-refractivity contribution is 1.48. The number of aryl methyl sites for hydroxylation is 1. The Morgan fingerprint density at radius 2 is 1.92 bits per heavy atom. The van der Waals surface area contributed by atoms with Crippen LogP contribution in [0.25, 0.3) is 10.4 Å². The Morgan fingerprint density at radius 1 is 1.17 bits per heavy atom. The van der Waals surface area contributed by atoms with Crippen LogP contribution >= 0.6 is 11.3 Å². The maximum Gasteiger partial charge on any atom is 0.0349 e. The largest absolute Gasteiger partial charge is 0.143 e. The fraction of sp³-hybridized carbons (Fsp3) is 0.0909. The molecule has 2 rings (SSSR count). The van der Waals surface area contributed by atoms with Gasteiger partial charge < -0.3 is 0 Å². The zero-order valence-corrected chi connectivity index (χ0v) is 7.69. The van der Waals surface area contributed by atoms with Crippen LogP contribution in [0.2, 0.25) is 0 Å². The van der Waals surface area contributed by atoms with Gasteiger partial charge in [0.2, 0.25) is 0 Å². The molecule has 0 aliphatic heterocycles. The molecule has 2 aromatic rings. The second-order valence-corrected chi connectivity index (χ2v) is 3.69. The molecule has 0 saturated heterocycles. The average Bonchev–Trinajstić information content (AvgIpc) is 2.58. The Balaban J connectivity index is 2.43. The second kappa shape index (κ2) is 3.11. The summed E-state index contributed by atoms with van der Waals surface area (Å²) in [5.41, 5.74) is 2.59. The van der Waals surface area contributed by atoms with E-state index in [1.54, 1.807) is 11.3 Å². The second-order valence-electron chi connectivity index (χ2n) is 2.78. The zero-order valence-electron chi connectivity index (χ0n) is 6.87. The molecular formula is C11H9S. The van der Waals surface area contributed by atoms with Gasteiger partial charge in [-0.1, -0.05) is 29.8 Å². The van der Waals surface area contributed by atoms with Gasteiger partial charge in [0, 0.05) is 4.88 Å². The molecule has 59 valence electrons. The fourth-order valence-electron chi connectivity index (χ4n) is 1.11. The zero-order chi connectivity index (χ0) is 8.39. The molecule has 0 aliphatic carbocycles. The van der Waals surface area contributed by atoms with E-state index in [1.807, 2.05) is 11.4 Å². The van der Waals surface area contributed by atoms with Gasteiger partial charge in [0.1, 0.15) is 0 Å². The van der Waals surface area contributed by atoms with Crippen LogP contribution in [-0.2, 0) is 0 Å². The lowest BCUT2D eigenvalue weighted by Gasteiger charge is -1.96. The number of hydrogen-bond donors (Lipinski definition) is 0. The molecule has 1 radical (unpaired) electrons. The summed E-state index contributed by atoms with van der Waals surface area (Å²) in [6, 6.07) is 13.6. The molecule has 1 aromatic carbocycles. The first-order valence-corrected chi connectivity index (χ1v) is 4.76. The molecule has 0 saturated carbocycles. The minimum Gasteiger partial charge on any atom is -0.143 e. The third-order valence-electron chi connectivity index (χ3n) is 1.80. The van der Waals surface area contributed by atoms with Crippen LogP contribution < -0.4 is 0 Å². The Hall–Kier alpha value is -1.08. The van der Waals surface area contributed by atoms with Crippen molar-refractivity contribution in [1.82, 2.24) is 0 Å². The summed E-state index contributed by atoms with van der Waals surface area (Å²) in [7, 11) is 0. The van der Waals surface area contributed by atoms with Gasteiger partial charge in [-0.05, 0) is 30.0 Å². The SMILES string of the molecule is Cc1ccc(-c2c[c]cs2)cc1. The Kier molecular flexibility index (Phi) is 1.96. The van der Waals surface area contributed by atoms with Crippen LogP contribution in [0.4, 0.5) is 0 Å². The van der Waals surface area contributed by atoms with E-state index in [1.165, 1.54) is 16.0 Å². The van der Waals surface area contributed by atoms with Crippen LogP contribution in [0.5, 0.6) is 0 Å². The summed E-state index contributed by atoms with van der Waals surface area (Å²) in [6.45, 7) is 2.10. The highest BCUT2D eigenvalue weighted by Gasteiger charge is 1.96. The predicted octanol–water partition coefficient (Wildman–Crippen LogP) is 3.52. The van der Waals surface area contributed by atoms with Crippen LogP contribution in [-0.4, -0.2) is 0 Å². The molecule has 0 spiro atoms. The molecule has 0 unspecified atom stereocenters. The summed E-state index contributed by atoms with van der Waals surface area (Å²) < 4.78 is 0. The maximum absolute atomic E-state index is 3.06. The molecule has 1 heterocycles. The quantitative estimate of drug-likeness (QED) is 0.619. The first-order chi connectivity index (χ1) is 5.86. The van der Waals surface area contributed by atoms with E-state index >= 15 is 0 Å². The lowest BCUT2D eigenvalue weighted by Crippen LogP contribution is -1.72. The highest BCUT2D eigenvalue weighted by Crippen LogP contribution is 2.23. The van der Waals surface area contributed by atoms with Crippen LogP contribution in [0.3, 0.4) is 0 Å². The van der Waals surface area contributed by atoms with E-state index < -0.39 is 0 Å². The summed E-state index contributed by atoms with van der Waals surface area (Å²) >= 11 is 1.73. The van der Waals surface area contributed by atoms with Crippen molar-refractivity contribution in [3.05, 3.63) is 47.3 Å². The van der Waals surface area contributed by atoms with E-state index in [4.69, 9.17) is 0 Å². The number of hydrogen-bond acceptors (Lipinski definition) is 1.